The number of nitrogens with zero attached hydrogens (tertiary/aromatic N) is 2. The summed E-state index contributed by atoms with van der Waals surface area (Å²) in [6.07, 6.45) is 0.575. The molecule has 25 heavy (non-hydrogen) atoms. The molecule has 2 N–H and O–H groups in total. The van der Waals surface area contributed by atoms with Gasteiger partial charge < -0.3 is 10.6 Å². The Balaban J connectivity index is 1.85. The van der Waals surface area contributed by atoms with Crippen LogP contribution in [0.15, 0.2) is 30.3 Å². The molecule has 3 rings (SSSR count). The number of anilines is 3. The van der Waals surface area contributed by atoms with Gasteiger partial charge in [0.15, 0.2) is 5.69 Å². The zero-order chi connectivity index (χ0) is 17.9. The van der Waals surface area contributed by atoms with Crippen molar-refractivity contribution in [3.63, 3.8) is 0 Å². The van der Waals surface area contributed by atoms with Crippen LogP contribution in [-0.2, 0) is 6.18 Å². The predicted molar refractivity (Wildman–Crippen MR) is 92.3 cm³/mol. The summed E-state index contributed by atoms with van der Waals surface area (Å²) < 4.78 is 39.5. The Morgan fingerprint density at radius 1 is 1.00 bits per heavy atom. The molecule has 0 amide bonds. The maximum absolute atomic E-state index is 13.2. The molecule has 1 saturated carbocycles. The molecule has 0 unspecified atom stereocenters. The summed E-state index contributed by atoms with van der Waals surface area (Å²) in [6.45, 7) is 0. The number of rotatable bonds is 4. The van der Waals surface area contributed by atoms with E-state index < -0.39 is 11.9 Å². The Labute approximate surface area is 148 Å². The van der Waals surface area contributed by atoms with Crippen LogP contribution in [0, 0.1) is 0 Å². The molecule has 0 aliphatic heterocycles. The third-order valence-corrected chi connectivity index (χ3v) is 4.32. The molecule has 1 heterocycles. The zero-order valence-electron chi connectivity index (χ0n) is 13.4. The van der Waals surface area contributed by atoms with Gasteiger partial charge in [0, 0.05) is 22.8 Å². The molecule has 0 spiro atoms. The second-order valence-electron chi connectivity index (χ2n) is 6.07. The van der Waals surface area contributed by atoms with Crippen LogP contribution in [0.2, 0.25) is 5.02 Å². The van der Waals surface area contributed by atoms with E-state index in [1.54, 1.807) is 24.3 Å². The molecule has 1 fully saturated rings. The van der Waals surface area contributed by atoms with Gasteiger partial charge in [-0.3, -0.25) is 0 Å². The fourth-order valence-electron chi connectivity index (χ4n) is 2.83. The van der Waals surface area contributed by atoms with Crippen LogP contribution in [0.5, 0.6) is 0 Å². The van der Waals surface area contributed by atoms with E-state index in [0.717, 1.165) is 38.2 Å². The molecule has 1 aliphatic rings. The van der Waals surface area contributed by atoms with E-state index in [4.69, 9.17) is 11.6 Å². The largest absolute Gasteiger partial charge is 0.433 e. The third kappa shape index (κ3) is 4.98. The molecular formula is C17H18ClF3N4. The zero-order valence-corrected chi connectivity index (χ0v) is 14.2. The standard InChI is InChI=1S/C17H18ClF3N4/c18-11-6-8-13(9-7-11)22-15-10-14(17(19,20)21)24-16(25-15)23-12-4-2-1-3-5-12/h6-10,12H,1-5H2,(H2,22,23,24,25). The maximum atomic E-state index is 13.2. The SMILES string of the molecule is FC(F)(F)c1cc(Nc2ccc(Cl)cc2)nc(NC2CCCCC2)n1. The smallest absolute Gasteiger partial charge is 0.351 e. The van der Waals surface area contributed by atoms with Gasteiger partial charge in [-0.2, -0.15) is 18.2 Å². The summed E-state index contributed by atoms with van der Waals surface area (Å²) in [5.41, 5.74) is -0.378. The summed E-state index contributed by atoms with van der Waals surface area (Å²) in [5.74, 6) is 0.0844. The quantitative estimate of drug-likeness (QED) is 0.731. The van der Waals surface area contributed by atoms with Gasteiger partial charge in [0.25, 0.3) is 0 Å². The summed E-state index contributed by atoms with van der Waals surface area (Å²) in [6, 6.07) is 7.66. The van der Waals surface area contributed by atoms with Crippen molar-refractivity contribution in [2.45, 2.75) is 44.3 Å². The number of hydrogen-bond donors (Lipinski definition) is 2. The molecule has 0 radical (unpaired) electrons. The monoisotopic (exact) mass is 370 g/mol. The molecule has 2 aromatic rings. The number of benzene rings is 1. The van der Waals surface area contributed by atoms with E-state index in [1.807, 2.05) is 0 Å². The first-order valence-corrected chi connectivity index (χ1v) is 8.53. The molecule has 0 atom stereocenters. The second-order valence-corrected chi connectivity index (χ2v) is 6.51. The highest BCUT2D eigenvalue weighted by molar-refractivity contribution is 6.30. The highest BCUT2D eigenvalue weighted by Gasteiger charge is 2.34. The van der Waals surface area contributed by atoms with Crippen LogP contribution < -0.4 is 10.6 Å². The third-order valence-electron chi connectivity index (χ3n) is 4.07. The minimum atomic E-state index is -4.54. The van der Waals surface area contributed by atoms with Crippen LogP contribution in [0.4, 0.5) is 30.6 Å². The minimum absolute atomic E-state index is 0.00168. The molecule has 1 aromatic carbocycles. The Morgan fingerprint density at radius 3 is 2.32 bits per heavy atom. The van der Waals surface area contributed by atoms with Gasteiger partial charge in [0.1, 0.15) is 5.82 Å². The number of aromatic nitrogens is 2. The lowest BCUT2D eigenvalue weighted by Gasteiger charge is -2.23. The first-order chi connectivity index (χ1) is 11.9. The average Bonchev–Trinajstić information content (AvgIpc) is 2.57. The molecule has 4 nitrogen and oxygen atoms in total. The molecule has 134 valence electrons. The van der Waals surface area contributed by atoms with Crippen molar-refractivity contribution < 1.29 is 13.2 Å². The number of nitrogens with one attached hydrogen (secondary N) is 2. The van der Waals surface area contributed by atoms with Gasteiger partial charge in [-0.25, -0.2) is 4.98 Å². The lowest BCUT2D eigenvalue weighted by Crippen LogP contribution is -2.24. The van der Waals surface area contributed by atoms with Gasteiger partial charge in [-0.15, -0.1) is 0 Å². The van der Waals surface area contributed by atoms with E-state index in [9.17, 15) is 13.2 Å². The highest BCUT2D eigenvalue weighted by atomic mass is 35.5. The van der Waals surface area contributed by atoms with Crippen molar-refractivity contribution >= 4 is 29.1 Å². The van der Waals surface area contributed by atoms with Crippen molar-refractivity contribution in [2.75, 3.05) is 10.6 Å². The van der Waals surface area contributed by atoms with Crippen molar-refractivity contribution in [3.05, 3.63) is 41.0 Å². The van der Waals surface area contributed by atoms with Crippen LogP contribution in [-0.4, -0.2) is 16.0 Å². The molecule has 0 bridgehead atoms. The number of halogens is 4. The van der Waals surface area contributed by atoms with Crippen molar-refractivity contribution in [1.29, 1.82) is 0 Å². The Bertz CT molecular complexity index is 713. The Kier molecular flexibility index (Phi) is 5.32. The first-order valence-electron chi connectivity index (χ1n) is 8.15. The van der Waals surface area contributed by atoms with Crippen molar-refractivity contribution in [2.24, 2.45) is 0 Å². The van der Waals surface area contributed by atoms with Gasteiger partial charge in [-0.05, 0) is 37.1 Å². The Hall–Kier alpha value is -2.02. The van der Waals surface area contributed by atoms with Crippen LogP contribution in [0.25, 0.3) is 0 Å². The molecular weight excluding hydrogens is 353 g/mol. The van der Waals surface area contributed by atoms with Gasteiger partial charge in [-0.1, -0.05) is 30.9 Å². The molecule has 1 aromatic heterocycles. The van der Waals surface area contributed by atoms with Crippen LogP contribution in [0.3, 0.4) is 0 Å². The van der Waals surface area contributed by atoms with Crippen molar-refractivity contribution in [1.82, 2.24) is 9.97 Å². The molecule has 0 saturated heterocycles. The second kappa shape index (κ2) is 7.47. The van der Waals surface area contributed by atoms with E-state index in [1.165, 1.54) is 0 Å². The van der Waals surface area contributed by atoms with Crippen LogP contribution >= 0.6 is 11.6 Å². The fourth-order valence-corrected chi connectivity index (χ4v) is 2.96. The first kappa shape index (κ1) is 17.8. The summed E-state index contributed by atoms with van der Waals surface area (Å²) in [4.78, 5) is 7.84. The van der Waals surface area contributed by atoms with E-state index >= 15 is 0 Å². The number of hydrogen-bond acceptors (Lipinski definition) is 4. The van der Waals surface area contributed by atoms with Crippen LogP contribution in [0.1, 0.15) is 37.8 Å². The normalized spacial score (nSPS) is 15.8. The average molecular weight is 371 g/mol. The molecule has 8 heteroatoms. The lowest BCUT2D eigenvalue weighted by molar-refractivity contribution is -0.141. The van der Waals surface area contributed by atoms with E-state index in [-0.39, 0.29) is 17.8 Å². The van der Waals surface area contributed by atoms with Gasteiger partial charge >= 0.3 is 6.18 Å². The topological polar surface area (TPSA) is 49.8 Å². The predicted octanol–water partition coefficient (Wildman–Crippen LogP) is 5.64. The molecule has 1 aliphatic carbocycles. The summed E-state index contributed by atoms with van der Waals surface area (Å²) in [5, 5.41) is 6.46. The lowest BCUT2D eigenvalue weighted by atomic mass is 9.96. The minimum Gasteiger partial charge on any atom is -0.351 e. The van der Waals surface area contributed by atoms with Crippen molar-refractivity contribution in [3.8, 4) is 0 Å². The number of alkyl halides is 3. The fraction of sp³-hybridized carbons (Fsp3) is 0.412. The van der Waals surface area contributed by atoms with Gasteiger partial charge in [0.05, 0.1) is 0 Å². The summed E-state index contributed by atoms with van der Waals surface area (Å²) in [7, 11) is 0. The van der Waals surface area contributed by atoms with E-state index in [0.29, 0.717) is 10.7 Å². The maximum Gasteiger partial charge on any atom is 0.433 e. The van der Waals surface area contributed by atoms with Gasteiger partial charge in [0.2, 0.25) is 5.95 Å². The highest BCUT2D eigenvalue weighted by Crippen LogP contribution is 2.31. The Morgan fingerprint density at radius 2 is 1.68 bits per heavy atom. The summed E-state index contributed by atoms with van der Waals surface area (Å²) >= 11 is 5.82. The van der Waals surface area contributed by atoms with E-state index in [2.05, 4.69) is 20.6 Å².